The van der Waals surface area contributed by atoms with Gasteiger partial charge in [-0.05, 0) is 80.7 Å². The molecule has 3 rings (SSSR count). The summed E-state index contributed by atoms with van der Waals surface area (Å²) in [5.41, 5.74) is 3.30. The maximum atomic E-state index is 13.3. The van der Waals surface area contributed by atoms with Crippen molar-refractivity contribution in [1.29, 1.82) is 0 Å². The molecular weight excluding hydrogens is 552 g/mol. The maximum absolute atomic E-state index is 13.3. The number of hydrogen-bond acceptors (Lipinski definition) is 5. The number of ether oxygens (including phenoxy) is 4. The van der Waals surface area contributed by atoms with Gasteiger partial charge in [-0.3, -0.25) is 4.79 Å². The van der Waals surface area contributed by atoms with E-state index in [-0.39, 0.29) is 5.78 Å². The lowest BCUT2D eigenvalue weighted by atomic mass is 9.87. The molecule has 2 aromatic rings. The van der Waals surface area contributed by atoms with E-state index in [0.29, 0.717) is 36.2 Å². The average Bonchev–Trinajstić information content (AvgIpc) is 2.80. The Morgan fingerprint density at radius 3 is 1.55 bits per heavy atom. The zero-order chi connectivity index (χ0) is 24.0. The third kappa shape index (κ3) is 6.01. The van der Waals surface area contributed by atoms with Crippen LogP contribution in [-0.2, 0) is 4.79 Å². The van der Waals surface area contributed by atoms with Crippen molar-refractivity contribution in [1.82, 2.24) is 0 Å². The van der Waals surface area contributed by atoms with Crippen LogP contribution in [0.1, 0.15) is 44.2 Å². The summed E-state index contributed by atoms with van der Waals surface area (Å²) in [7, 11) is 3.22. The van der Waals surface area contributed by atoms with Crippen LogP contribution in [0.3, 0.4) is 0 Å². The number of methoxy groups -OCH3 is 2. The predicted molar refractivity (Wildman–Crippen MR) is 139 cm³/mol. The van der Waals surface area contributed by atoms with Crippen molar-refractivity contribution < 1.29 is 23.7 Å². The molecule has 33 heavy (non-hydrogen) atoms. The van der Waals surface area contributed by atoms with E-state index in [2.05, 4.69) is 31.9 Å². The van der Waals surface area contributed by atoms with Crippen LogP contribution in [0, 0.1) is 0 Å². The number of carbonyl (C=O) groups is 1. The van der Waals surface area contributed by atoms with Crippen LogP contribution in [0.15, 0.2) is 44.4 Å². The molecule has 0 amide bonds. The lowest BCUT2D eigenvalue weighted by Crippen LogP contribution is -2.12. The SMILES string of the molecule is CCOc1cc(Br)c(/C=C2/CCC/C(=C\c3cc(OC)c(OCC)cc3Br)C2=O)cc1OC. The zero-order valence-electron chi connectivity index (χ0n) is 19.3. The first-order valence-corrected chi connectivity index (χ1v) is 12.5. The number of ketones is 1. The zero-order valence-corrected chi connectivity index (χ0v) is 22.5. The van der Waals surface area contributed by atoms with Gasteiger partial charge in [0.1, 0.15) is 0 Å². The molecule has 1 aliphatic carbocycles. The number of allylic oxidation sites excluding steroid dienone is 2. The molecule has 1 aliphatic rings. The first kappa shape index (κ1) is 25.4. The lowest BCUT2D eigenvalue weighted by Gasteiger charge is -2.18. The van der Waals surface area contributed by atoms with Gasteiger partial charge in [-0.15, -0.1) is 0 Å². The quantitative estimate of drug-likeness (QED) is 0.308. The second-order valence-electron chi connectivity index (χ2n) is 7.44. The van der Waals surface area contributed by atoms with Gasteiger partial charge in [-0.25, -0.2) is 0 Å². The standard InChI is InChI=1S/C26H28Br2O5/c1-5-32-24-14-20(27)18(12-22(24)30-3)10-16-8-7-9-17(26(16)29)11-19-13-23(31-4)25(33-6-2)15-21(19)28/h10-15H,5-9H2,1-4H3/b16-10-,17-11+. The average molecular weight is 580 g/mol. The second kappa shape index (κ2) is 11.7. The van der Waals surface area contributed by atoms with Crippen LogP contribution in [0.25, 0.3) is 12.2 Å². The molecule has 0 radical (unpaired) electrons. The Hall–Kier alpha value is -2.25. The number of Topliss-reactive ketones (excluding diaryl/α,β-unsaturated/α-hetero) is 1. The van der Waals surface area contributed by atoms with E-state index >= 15 is 0 Å². The minimum absolute atomic E-state index is 0.0563. The van der Waals surface area contributed by atoms with E-state index in [0.717, 1.165) is 50.5 Å². The molecule has 0 spiro atoms. The molecule has 0 heterocycles. The van der Waals surface area contributed by atoms with E-state index in [1.807, 2.05) is 50.3 Å². The van der Waals surface area contributed by atoms with Crippen molar-refractivity contribution in [3.63, 3.8) is 0 Å². The summed E-state index contributed by atoms with van der Waals surface area (Å²) in [6, 6.07) is 7.53. The summed E-state index contributed by atoms with van der Waals surface area (Å²) in [6.45, 7) is 4.94. The Labute approximate surface area is 212 Å². The number of benzene rings is 2. The first-order valence-electron chi connectivity index (χ1n) is 10.9. The molecule has 5 nitrogen and oxygen atoms in total. The third-order valence-corrected chi connectivity index (χ3v) is 6.67. The molecular formula is C26H28Br2O5. The van der Waals surface area contributed by atoms with Gasteiger partial charge < -0.3 is 18.9 Å². The van der Waals surface area contributed by atoms with Crippen LogP contribution in [0.4, 0.5) is 0 Å². The fraction of sp³-hybridized carbons (Fsp3) is 0.346. The Kier molecular flexibility index (Phi) is 9.03. The van der Waals surface area contributed by atoms with Crippen molar-refractivity contribution in [2.24, 2.45) is 0 Å². The summed E-state index contributed by atoms with van der Waals surface area (Å²) < 4.78 is 23.9. The van der Waals surface area contributed by atoms with E-state index < -0.39 is 0 Å². The summed E-state index contributed by atoms with van der Waals surface area (Å²) >= 11 is 7.21. The normalized spacial score (nSPS) is 16.2. The lowest BCUT2D eigenvalue weighted by molar-refractivity contribution is -0.112. The Balaban J connectivity index is 1.95. The molecule has 1 saturated carbocycles. The summed E-state index contributed by atoms with van der Waals surface area (Å²) in [6.07, 6.45) is 6.23. The molecule has 2 aromatic carbocycles. The monoisotopic (exact) mass is 578 g/mol. The number of rotatable bonds is 8. The third-order valence-electron chi connectivity index (χ3n) is 5.30. The number of hydrogen-bond donors (Lipinski definition) is 0. The van der Waals surface area contributed by atoms with Gasteiger partial charge in [-0.1, -0.05) is 31.9 Å². The highest BCUT2D eigenvalue weighted by Gasteiger charge is 2.22. The van der Waals surface area contributed by atoms with Crippen molar-refractivity contribution in [2.75, 3.05) is 27.4 Å². The molecule has 0 aromatic heterocycles. The van der Waals surface area contributed by atoms with Crippen molar-refractivity contribution in [3.05, 3.63) is 55.5 Å². The highest BCUT2D eigenvalue weighted by atomic mass is 79.9. The fourth-order valence-corrected chi connectivity index (χ4v) is 4.61. The van der Waals surface area contributed by atoms with Crippen LogP contribution in [-0.4, -0.2) is 33.2 Å². The van der Waals surface area contributed by atoms with Gasteiger partial charge in [0.15, 0.2) is 28.8 Å². The predicted octanol–water partition coefficient (Wildman–Crippen LogP) is 7.25. The van der Waals surface area contributed by atoms with Gasteiger partial charge in [0, 0.05) is 20.1 Å². The van der Waals surface area contributed by atoms with Crippen molar-refractivity contribution in [2.45, 2.75) is 33.1 Å². The van der Waals surface area contributed by atoms with Crippen LogP contribution >= 0.6 is 31.9 Å². The van der Waals surface area contributed by atoms with Gasteiger partial charge in [0.05, 0.1) is 27.4 Å². The fourth-order valence-electron chi connectivity index (χ4n) is 3.73. The second-order valence-corrected chi connectivity index (χ2v) is 9.15. The van der Waals surface area contributed by atoms with Gasteiger partial charge >= 0.3 is 0 Å². The smallest absolute Gasteiger partial charge is 0.185 e. The summed E-state index contributed by atoms with van der Waals surface area (Å²) in [5.74, 6) is 2.66. The van der Waals surface area contributed by atoms with Crippen LogP contribution < -0.4 is 18.9 Å². The van der Waals surface area contributed by atoms with Crippen LogP contribution in [0.5, 0.6) is 23.0 Å². The highest BCUT2D eigenvalue weighted by molar-refractivity contribution is 9.10. The minimum Gasteiger partial charge on any atom is -0.493 e. The highest BCUT2D eigenvalue weighted by Crippen LogP contribution is 2.38. The molecule has 1 fully saturated rings. The van der Waals surface area contributed by atoms with E-state index in [4.69, 9.17) is 18.9 Å². The summed E-state index contributed by atoms with van der Waals surface area (Å²) in [4.78, 5) is 13.3. The topological polar surface area (TPSA) is 54.0 Å². The largest absolute Gasteiger partial charge is 0.493 e. The van der Waals surface area contributed by atoms with Gasteiger partial charge in [0.25, 0.3) is 0 Å². The van der Waals surface area contributed by atoms with E-state index in [1.165, 1.54) is 0 Å². The molecule has 0 aliphatic heterocycles. The van der Waals surface area contributed by atoms with Crippen molar-refractivity contribution >= 4 is 49.8 Å². The maximum Gasteiger partial charge on any atom is 0.185 e. The van der Waals surface area contributed by atoms with E-state index in [9.17, 15) is 4.79 Å². The Bertz CT molecular complexity index is 1010. The van der Waals surface area contributed by atoms with E-state index in [1.54, 1.807) is 14.2 Å². The summed E-state index contributed by atoms with van der Waals surface area (Å²) in [5, 5.41) is 0. The molecule has 0 N–H and O–H groups in total. The number of carbonyl (C=O) groups excluding carboxylic acids is 1. The minimum atomic E-state index is 0.0563. The molecule has 176 valence electrons. The molecule has 0 atom stereocenters. The van der Waals surface area contributed by atoms with Gasteiger partial charge in [0.2, 0.25) is 0 Å². The molecule has 7 heteroatoms. The first-order chi connectivity index (χ1) is 15.9. The molecule has 0 unspecified atom stereocenters. The Morgan fingerprint density at radius 2 is 1.18 bits per heavy atom. The number of halogens is 2. The van der Waals surface area contributed by atoms with Crippen LogP contribution in [0.2, 0.25) is 0 Å². The molecule has 0 bridgehead atoms. The Morgan fingerprint density at radius 1 is 0.758 bits per heavy atom. The van der Waals surface area contributed by atoms with Gasteiger partial charge in [-0.2, -0.15) is 0 Å². The molecule has 0 saturated heterocycles. The van der Waals surface area contributed by atoms with Crippen molar-refractivity contribution in [3.8, 4) is 23.0 Å².